The minimum absolute atomic E-state index is 0.0520. The van der Waals surface area contributed by atoms with E-state index in [1.807, 2.05) is 0 Å². The molecule has 0 spiro atoms. The van der Waals surface area contributed by atoms with Crippen LogP contribution in [0.3, 0.4) is 0 Å². The third-order valence-electron chi connectivity index (χ3n) is 4.38. The molecule has 1 atom stereocenters. The van der Waals surface area contributed by atoms with Gasteiger partial charge in [-0.25, -0.2) is 12.8 Å². The van der Waals surface area contributed by atoms with Crippen LogP contribution in [0.4, 0.5) is 4.39 Å². The van der Waals surface area contributed by atoms with Gasteiger partial charge in [0.05, 0.1) is 4.90 Å². The highest BCUT2D eigenvalue weighted by Crippen LogP contribution is 2.27. The lowest BCUT2D eigenvalue weighted by Gasteiger charge is -2.34. The van der Waals surface area contributed by atoms with Crippen molar-refractivity contribution in [1.82, 2.24) is 14.9 Å². The van der Waals surface area contributed by atoms with Gasteiger partial charge in [-0.15, -0.1) is 0 Å². The van der Waals surface area contributed by atoms with Crippen molar-refractivity contribution in [3.63, 3.8) is 0 Å². The molecule has 9 heteroatoms. The predicted octanol–water partition coefficient (Wildman–Crippen LogP) is 1.40. The van der Waals surface area contributed by atoms with Crippen LogP contribution in [0.15, 0.2) is 29.2 Å². The summed E-state index contributed by atoms with van der Waals surface area (Å²) in [6.07, 6.45) is 2.72. The highest BCUT2D eigenvalue weighted by molar-refractivity contribution is 7.89. The summed E-state index contributed by atoms with van der Waals surface area (Å²) in [5, 5.41) is 5.03. The summed E-state index contributed by atoms with van der Waals surface area (Å²) >= 11 is 0. The van der Waals surface area contributed by atoms with Crippen molar-refractivity contribution in [2.75, 3.05) is 13.1 Å². The summed E-state index contributed by atoms with van der Waals surface area (Å²) < 4.78 is 40.3. The maximum absolute atomic E-state index is 13.1. The van der Waals surface area contributed by atoms with Gasteiger partial charge < -0.3 is 10.6 Å². The SMILES string of the molecule is CC(C)NC(=O)C(=O)NCC[C@@H]1CCCCN1S(=O)(=O)c1ccc(F)cc1. The van der Waals surface area contributed by atoms with Crippen molar-refractivity contribution >= 4 is 21.8 Å². The molecule has 0 unspecified atom stereocenters. The van der Waals surface area contributed by atoms with Gasteiger partial charge in [-0.2, -0.15) is 4.31 Å². The summed E-state index contributed by atoms with van der Waals surface area (Å²) in [4.78, 5) is 23.4. The average Bonchev–Trinajstić information content (AvgIpc) is 2.61. The largest absolute Gasteiger partial charge is 0.348 e. The first-order chi connectivity index (χ1) is 12.7. The van der Waals surface area contributed by atoms with Crippen LogP contribution >= 0.6 is 0 Å². The van der Waals surface area contributed by atoms with Crippen molar-refractivity contribution in [3.8, 4) is 0 Å². The van der Waals surface area contributed by atoms with Gasteiger partial charge in [0.25, 0.3) is 0 Å². The van der Waals surface area contributed by atoms with E-state index in [-0.39, 0.29) is 23.5 Å². The lowest BCUT2D eigenvalue weighted by atomic mass is 10.0. The van der Waals surface area contributed by atoms with E-state index < -0.39 is 27.7 Å². The maximum atomic E-state index is 13.1. The Hall–Kier alpha value is -2.00. The van der Waals surface area contributed by atoms with Crippen LogP contribution in [0.1, 0.15) is 39.5 Å². The number of hydrogen-bond donors (Lipinski definition) is 2. The summed E-state index contributed by atoms with van der Waals surface area (Å²) in [5.74, 6) is -1.93. The van der Waals surface area contributed by atoms with Gasteiger partial charge in [0.1, 0.15) is 5.82 Å². The molecule has 1 saturated heterocycles. The van der Waals surface area contributed by atoms with E-state index in [0.29, 0.717) is 19.4 Å². The van der Waals surface area contributed by atoms with E-state index in [9.17, 15) is 22.4 Å². The van der Waals surface area contributed by atoms with E-state index in [2.05, 4.69) is 10.6 Å². The number of halogens is 1. The Kier molecular flexibility index (Phi) is 7.32. The number of amides is 2. The van der Waals surface area contributed by atoms with Crippen LogP contribution in [0, 0.1) is 5.82 Å². The number of sulfonamides is 1. The molecule has 2 amide bonds. The maximum Gasteiger partial charge on any atom is 0.309 e. The molecule has 150 valence electrons. The predicted molar refractivity (Wildman–Crippen MR) is 98.8 cm³/mol. The number of hydrogen-bond acceptors (Lipinski definition) is 4. The summed E-state index contributed by atoms with van der Waals surface area (Å²) in [7, 11) is -3.74. The third-order valence-corrected chi connectivity index (χ3v) is 6.35. The number of piperidine rings is 1. The van der Waals surface area contributed by atoms with Gasteiger partial charge in [-0.3, -0.25) is 9.59 Å². The Labute approximate surface area is 159 Å². The van der Waals surface area contributed by atoms with Gasteiger partial charge in [0.2, 0.25) is 10.0 Å². The van der Waals surface area contributed by atoms with Crippen molar-refractivity contribution in [3.05, 3.63) is 30.1 Å². The van der Waals surface area contributed by atoms with Crippen molar-refractivity contribution in [2.24, 2.45) is 0 Å². The van der Waals surface area contributed by atoms with Gasteiger partial charge in [-0.1, -0.05) is 6.42 Å². The highest BCUT2D eigenvalue weighted by atomic mass is 32.2. The fraction of sp³-hybridized carbons (Fsp3) is 0.556. The van der Waals surface area contributed by atoms with E-state index in [0.717, 1.165) is 25.0 Å². The van der Waals surface area contributed by atoms with E-state index in [1.165, 1.54) is 16.4 Å². The molecule has 7 nitrogen and oxygen atoms in total. The number of benzene rings is 1. The Balaban J connectivity index is 1.99. The zero-order chi connectivity index (χ0) is 20.0. The minimum atomic E-state index is -3.74. The molecule has 1 fully saturated rings. The van der Waals surface area contributed by atoms with E-state index in [1.54, 1.807) is 13.8 Å². The van der Waals surface area contributed by atoms with Crippen LogP contribution in [-0.2, 0) is 19.6 Å². The standard InChI is InChI=1S/C18H26FN3O4S/c1-13(2)21-18(24)17(23)20-11-10-15-5-3-4-12-22(15)27(25,26)16-8-6-14(19)7-9-16/h6-9,13,15H,3-5,10-12H2,1-2H3,(H,20,23)(H,21,24)/t15-/m0/s1. The first-order valence-electron chi connectivity index (χ1n) is 9.08. The van der Waals surface area contributed by atoms with Gasteiger partial charge in [0, 0.05) is 25.2 Å². The Morgan fingerprint density at radius 1 is 1.19 bits per heavy atom. The molecule has 0 aliphatic carbocycles. The topological polar surface area (TPSA) is 95.6 Å². The second kappa shape index (κ2) is 9.27. The summed E-state index contributed by atoms with van der Waals surface area (Å²) in [6, 6.07) is 4.35. The molecule has 27 heavy (non-hydrogen) atoms. The molecule has 2 N–H and O–H groups in total. The van der Waals surface area contributed by atoms with Crippen molar-refractivity contribution < 1.29 is 22.4 Å². The van der Waals surface area contributed by atoms with E-state index >= 15 is 0 Å². The summed E-state index contributed by atoms with van der Waals surface area (Å²) in [5.41, 5.74) is 0. The van der Waals surface area contributed by atoms with Crippen LogP contribution in [0.25, 0.3) is 0 Å². The van der Waals surface area contributed by atoms with Crippen LogP contribution in [0.5, 0.6) is 0 Å². The fourth-order valence-electron chi connectivity index (χ4n) is 3.08. The fourth-order valence-corrected chi connectivity index (χ4v) is 4.80. The number of rotatable bonds is 6. The zero-order valence-corrected chi connectivity index (χ0v) is 16.4. The molecule has 1 aromatic rings. The molecule has 1 aliphatic rings. The first kappa shape index (κ1) is 21.3. The quantitative estimate of drug-likeness (QED) is 0.707. The Bertz CT molecular complexity index is 765. The normalized spacial score (nSPS) is 18.3. The number of nitrogens with one attached hydrogen (secondary N) is 2. The Morgan fingerprint density at radius 2 is 1.85 bits per heavy atom. The van der Waals surface area contributed by atoms with Crippen LogP contribution < -0.4 is 10.6 Å². The second-order valence-corrected chi connectivity index (χ2v) is 8.78. The third kappa shape index (κ3) is 5.74. The van der Waals surface area contributed by atoms with Crippen LogP contribution in [-0.4, -0.2) is 49.7 Å². The Morgan fingerprint density at radius 3 is 2.48 bits per heavy atom. The highest BCUT2D eigenvalue weighted by Gasteiger charge is 2.33. The molecule has 0 radical (unpaired) electrons. The van der Waals surface area contributed by atoms with Gasteiger partial charge in [-0.05, 0) is 57.4 Å². The van der Waals surface area contributed by atoms with Crippen LogP contribution in [0.2, 0.25) is 0 Å². The van der Waals surface area contributed by atoms with Crippen molar-refractivity contribution in [2.45, 2.75) is 56.5 Å². The summed E-state index contributed by atoms with van der Waals surface area (Å²) in [6.45, 7) is 4.09. The monoisotopic (exact) mass is 399 g/mol. The smallest absolute Gasteiger partial charge is 0.309 e. The molecule has 0 saturated carbocycles. The minimum Gasteiger partial charge on any atom is -0.348 e. The molecule has 0 bridgehead atoms. The van der Waals surface area contributed by atoms with E-state index in [4.69, 9.17) is 0 Å². The second-order valence-electron chi connectivity index (χ2n) is 6.89. The lowest BCUT2D eigenvalue weighted by Crippen LogP contribution is -2.47. The average molecular weight is 399 g/mol. The molecular formula is C18H26FN3O4S. The molecule has 0 aromatic heterocycles. The first-order valence-corrected chi connectivity index (χ1v) is 10.5. The van der Waals surface area contributed by atoms with Gasteiger partial charge >= 0.3 is 11.8 Å². The molecule has 2 rings (SSSR count). The molecule has 1 aromatic carbocycles. The van der Waals surface area contributed by atoms with Gasteiger partial charge in [0.15, 0.2) is 0 Å². The number of nitrogens with zero attached hydrogens (tertiary/aromatic N) is 1. The lowest BCUT2D eigenvalue weighted by molar-refractivity contribution is -0.139. The number of carbonyl (C=O) groups excluding carboxylic acids is 2. The zero-order valence-electron chi connectivity index (χ0n) is 15.6. The van der Waals surface area contributed by atoms with Crippen molar-refractivity contribution in [1.29, 1.82) is 0 Å². The molecule has 1 heterocycles. The molecule has 1 aliphatic heterocycles. The number of carbonyl (C=O) groups is 2. The molecular weight excluding hydrogens is 373 g/mol.